The molecule has 194 valence electrons. The zero-order chi connectivity index (χ0) is 27.1. The first-order valence-electron chi connectivity index (χ1n) is 11.6. The van der Waals surface area contributed by atoms with E-state index < -0.39 is 11.9 Å². The summed E-state index contributed by atoms with van der Waals surface area (Å²) in [6, 6.07) is 12.8. The third-order valence-corrected chi connectivity index (χ3v) is 6.12. The standard InChI is InChI=1S/C27H28BrN3O6/c1-5-34-21-12-17(24-18(13-29)26(30)37-16(4)23(24)27(33)35-6-2)11-19(28)25(21)36-14-22(32)31-20-10-8-7-9-15(20)3/h7-12,24H,5-6,14,30H2,1-4H3,(H,31,32). The molecule has 0 bridgehead atoms. The lowest BCUT2D eigenvalue weighted by atomic mass is 9.83. The predicted molar refractivity (Wildman–Crippen MR) is 141 cm³/mol. The van der Waals surface area contributed by atoms with Gasteiger partial charge in [-0.3, -0.25) is 4.79 Å². The molecule has 3 N–H and O–H groups in total. The smallest absolute Gasteiger partial charge is 0.338 e. The lowest BCUT2D eigenvalue weighted by Crippen LogP contribution is -2.25. The SMILES string of the molecule is CCOC(=O)C1=C(C)OC(N)=C(C#N)C1c1cc(Br)c(OCC(=O)Nc2ccccc2C)c(OCC)c1. The monoisotopic (exact) mass is 569 g/mol. The van der Waals surface area contributed by atoms with Gasteiger partial charge in [-0.25, -0.2) is 4.79 Å². The van der Waals surface area contributed by atoms with Gasteiger partial charge in [-0.2, -0.15) is 5.26 Å². The maximum Gasteiger partial charge on any atom is 0.338 e. The number of anilines is 1. The molecule has 0 aliphatic carbocycles. The molecule has 3 rings (SSSR count). The second-order valence-corrected chi connectivity index (χ2v) is 8.88. The Morgan fingerprint density at radius 1 is 1.16 bits per heavy atom. The average Bonchev–Trinajstić information content (AvgIpc) is 2.84. The molecule has 1 aliphatic rings. The van der Waals surface area contributed by atoms with Crippen LogP contribution < -0.4 is 20.5 Å². The number of esters is 1. The fourth-order valence-electron chi connectivity index (χ4n) is 3.88. The van der Waals surface area contributed by atoms with Crippen LogP contribution in [0.4, 0.5) is 5.69 Å². The topological polar surface area (TPSA) is 133 Å². The van der Waals surface area contributed by atoms with E-state index in [1.54, 1.807) is 39.0 Å². The van der Waals surface area contributed by atoms with Crippen molar-refractivity contribution in [3.63, 3.8) is 0 Å². The van der Waals surface area contributed by atoms with Crippen molar-refractivity contribution in [2.24, 2.45) is 5.73 Å². The molecule has 2 aromatic carbocycles. The van der Waals surface area contributed by atoms with Gasteiger partial charge in [0.2, 0.25) is 5.88 Å². The first-order chi connectivity index (χ1) is 17.7. The van der Waals surface area contributed by atoms with Crippen LogP contribution in [-0.2, 0) is 19.1 Å². The van der Waals surface area contributed by atoms with Gasteiger partial charge in [-0.15, -0.1) is 0 Å². The molecule has 0 radical (unpaired) electrons. The molecule has 1 aliphatic heterocycles. The minimum absolute atomic E-state index is 0.0641. The van der Waals surface area contributed by atoms with E-state index in [9.17, 15) is 14.9 Å². The number of hydrogen-bond donors (Lipinski definition) is 2. The van der Waals surface area contributed by atoms with Crippen LogP contribution in [0.5, 0.6) is 11.5 Å². The third kappa shape index (κ3) is 6.24. The minimum atomic E-state index is -0.855. The first-order valence-corrected chi connectivity index (χ1v) is 12.4. The Kier molecular flexibility index (Phi) is 9.20. The van der Waals surface area contributed by atoms with Crippen LogP contribution in [-0.4, -0.2) is 31.7 Å². The quantitative estimate of drug-likeness (QED) is 0.410. The van der Waals surface area contributed by atoms with Gasteiger partial charge in [0, 0.05) is 5.69 Å². The van der Waals surface area contributed by atoms with Gasteiger partial charge in [-0.1, -0.05) is 18.2 Å². The zero-order valence-corrected chi connectivity index (χ0v) is 22.6. The van der Waals surface area contributed by atoms with E-state index >= 15 is 0 Å². The summed E-state index contributed by atoms with van der Waals surface area (Å²) >= 11 is 3.49. The highest BCUT2D eigenvalue weighted by Crippen LogP contribution is 2.45. The van der Waals surface area contributed by atoms with E-state index in [0.29, 0.717) is 33.8 Å². The van der Waals surface area contributed by atoms with E-state index in [1.165, 1.54) is 0 Å². The summed E-state index contributed by atoms with van der Waals surface area (Å²) in [6.45, 7) is 7.15. The van der Waals surface area contributed by atoms with Gasteiger partial charge in [-0.05, 0) is 73.0 Å². The van der Waals surface area contributed by atoms with Crippen molar-refractivity contribution in [1.29, 1.82) is 5.26 Å². The molecular formula is C27H28BrN3O6. The molecule has 0 saturated carbocycles. The summed E-state index contributed by atoms with van der Waals surface area (Å²) in [7, 11) is 0. The Bertz CT molecular complexity index is 1310. The Hall–Kier alpha value is -3.97. The number of amides is 1. The average molecular weight is 570 g/mol. The van der Waals surface area contributed by atoms with E-state index in [1.807, 2.05) is 25.1 Å². The largest absolute Gasteiger partial charge is 0.490 e. The van der Waals surface area contributed by atoms with Crippen molar-refractivity contribution < 1.29 is 28.5 Å². The van der Waals surface area contributed by atoms with E-state index in [4.69, 9.17) is 24.7 Å². The predicted octanol–water partition coefficient (Wildman–Crippen LogP) is 4.82. The lowest BCUT2D eigenvalue weighted by Gasteiger charge is -2.27. The number of nitrogens with two attached hydrogens (primary N) is 1. The summed E-state index contributed by atoms with van der Waals surface area (Å²) < 4.78 is 22.8. The van der Waals surface area contributed by atoms with Crippen molar-refractivity contribution in [1.82, 2.24) is 0 Å². The van der Waals surface area contributed by atoms with Gasteiger partial charge in [0.1, 0.15) is 17.4 Å². The Balaban J connectivity index is 1.97. The first kappa shape index (κ1) is 27.6. The van der Waals surface area contributed by atoms with Crippen LogP contribution in [0.25, 0.3) is 0 Å². The normalized spacial score (nSPS) is 15.0. The van der Waals surface area contributed by atoms with Crippen molar-refractivity contribution in [3.8, 4) is 17.6 Å². The summed E-state index contributed by atoms with van der Waals surface area (Å²) in [4.78, 5) is 25.4. The highest BCUT2D eigenvalue weighted by Gasteiger charge is 2.37. The van der Waals surface area contributed by atoms with Crippen LogP contribution in [0.3, 0.4) is 0 Å². The van der Waals surface area contributed by atoms with Crippen LogP contribution in [0, 0.1) is 18.3 Å². The molecule has 9 nitrogen and oxygen atoms in total. The molecule has 10 heteroatoms. The molecule has 0 fully saturated rings. The number of nitrogens with one attached hydrogen (secondary N) is 1. The fraction of sp³-hybridized carbons (Fsp3) is 0.296. The van der Waals surface area contributed by atoms with Gasteiger partial charge in [0.25, 0.3) is 5.91 Å². The fourth-order valence-corrected chi connectivity index (χ4v) is 4.46. The maximum absolute atomic E-state index is 12.8. The Labute approximate surface area is 224 Å². The van der Waals surface area contributed by atoms with E-state index in [-0.39, 0.29) is 41.9 Å². The zero-order valence-electron chi connectivity index (χ0n) is 21.0. The molecule has 0 aromatic heterocycles. The number of carbonyl (C=O) groups excluding carboxylic acids is 2. The summed E-state index contributed by atoms with van der Waals surface area (Å²) in [5.41, 5.74) is 8.37. The molecular weight excluding hydrogens is 542 g/mol. The molecule has 0 spiro atoms. The van der Waals surface area contributed by atoms with Crippen molar-refractivity contribution in [2.75, 3.05) is 25.1 Å². The number of allylic oxidation sites excluding steroid dienone is 2. The number of benzene rings is 2. The summed E-state index contributed by atoms with van der Waals surface area (Å²) in [6.07, 6.45) is 0. The Morgan fingerprint density at radius 2 is 1.89 bits per heavy atom. The van der Waals surface area contributed by atoms with Gasteiger partial charge in [0.05, 0.1) is 29.2 Å². The number of carbonyl (C=O) groups is 2. The minimum Gasteiger partial charge on any atom is -0.490 e. The number of nitriles is 1. The van der Waals surface area contributed by atoms with E-state index in [0.717, 1.165) is 5.56 Å². The summed E-state index contributed by atoms with van der Waals surface area (Å²) in [5.74, 6) is -1.06. The molecule has 1 unspecified atom stereocenters. The molecule has 1 heterocycles. The lowest BCUT2D eigenvalue weighted by molar-refractivity contribution is -0.139. The van der Waals surface area contributed by atoms with Crippen LogP contribution in [0.1, 0.15) is 37.8 Å². The van der Waals surface area contributed by atoms with Crippen LogP contribution in [0.15, 0.2) is 63.7 Å². The molecule has 2 aromatic rings. The van der Waals surface area contributed by atoms with Gasteiger partial charge >= 0.3 is 5.97 Å². The number of rotatable bonds is 9. The highest BCUT2D eigenvalue weighted by molar-refractivity contribution is 9.10. The number of ether oxygens (including phenoxy) is 4. The number of halogens is 1. The van der Waals surface area contributed by atoms with E-state index in [2.05, 4.69) is 27.3 Å². The second kappa shape index (κ2) is 12.3. The van der Waals surface area contributed by atoms with Crippen molar-refractivity contribution >= 4 is 33.5 Å². The highest BCUT2D eigenvalue weighted by atomic mass is 79.9. The van der Waals surface area contributed by atoms with Crippen molar-refractivity contribution in [3.05, 3.63) is 74.8 Å². The number of nitrogens with zero attached hydrogens (tertiary/aromatic N) is 1. The number of hydrogen-bond acceptors (Lipinski definition) is 8. The third-order valence-electron chi connectivity index (χ3n) is 5.53. The van der Waals surface area contributed by atoms with Gasteiger partial charge < -0.3 is 30.0 Å². The molecule has 1 atom stereocenters. The second-order valence-electron chi connectivity index (χ2n) is 8.03. The number of aryl methyl sites for hydroxylation is 1. The van der Waals surface area contributed by atoms with Gasteiger partial charge in [0.15, 0.2) is 18.1 Å². The van der Waals surface area contributed by atoms with Crippen molar-refractivity contribution in [2.45, 2.75) is 33.6 Å². The number of para-hydroxylation sites is 1. The molecule has 37 heavy (non-hydrogen) atoms. The molecule has 0 saturated heterocycles. The van der Waals surface area contributed by atoms with Crippen LogP contribution >= 0.6 is 15.9 Å². The molecule has 1 amide bonds. The summed E-state index contributed by atoms with van der Waals surface area (Å²) in [5, 5.41) is 12.7. The Morgan fingerprint density at radius 3 is 2.54 bits per heavy atom. The maximum atomic E-state index is 12.8. The van der Waals surface area contributed by atoms with Crippen LogP contribution in [0.2, 0.25) is 0 Å².